The first-order valence-electron chi connectivity index (χ1n) is 7.00. The van der Waals surface area contributed by atoms with Crippen molar-refractivity contribution in [1.29, 1.82) is 0 Å². The van der Waals surface area contributed by atoms with Gasteiger partial charge in [0.25, 0.3) is 5.91 Å². The van der Waals surface area contributed by atoms with Gasteiger partial charge in [0.2, 0.25) is 0 Å². The summed E-state index contributed by atoms with van der Waals surface area (Å²) in [5, 5.41) is 8.08. The van der Waals surface area contributed by atoms with E-state index in [2.05, 4.69) is 10.3 Å². The van der Waals surface area contributed by atoms with E-state index in [1.807, 2.05) is 27.7 Å². The summed E-state index contributed by atoms with van der Waals surface area (Å²) < 4.78 is 13.3. The maximum Gasteiger partial charge on any atom is 0.276 e. The van der Waals surface area contributed by atoms with Crippen LogP contribution in [-0.2, 0) is 23.8 Å². The normalized spacial score (nSPS) is 22.0. The zero-order valence-corrected chi connectivity index (χ0v) is 13.4. The first kappa shape index (κ1) is 15.2. The minimum atomic E-state index is -0.883. The molecule has 1 aromatic rings. The van der Waals surface area contributed by atoms with Crippen molar-refractivity contribution in [3.8, 4) is 0 Å². The van der Waals surface area contributed by atoms with Crippen LogP contribution in [0.5, 0.6) is 0 Å². The molecule has 20 heavy (non-hydrogen) atoms. The van der Waals surface area contributed by atoms with Crippen LogP contribution in [0.2, 0.25) is 0 Å². The van der Waals surface area contributed by atoms with Crippen LogP contribution in [0.25, 0.3) is 0 Å². The average molecular weight is 298 g/mol. The molecule has 1 saturated heterocycles. The predicted molar refractivity (Wildman–Crippen MR) is 78.1 cm³/mol. The van der Waals surface area contributed by atoms with Crippen molar-refractivity contribution in [2.24, 2.45) is 0 Å². The molecule has 1 aliphatic heterocycles. The van der Waals surface area contributed by atoms with Crippen LogP contribution in [0.4, 0.5) is 0 Å². The third-order valence-corrected chi connectivity index (χ3v) is 5.61. The number of rotatable bonds is 3. The topological polar surface area (TPSA) is 68.1 Å². The monoisotopic (exact) mass is 298 g/mol. The van der Waals surface area contributed by atoms with Crippen LogP contribution in [-0.4, -0.2) is 53.6 Å². The quantitative estimate of drug-likeness (QED) is 0.829. The van der Waals surface area contributed by atoms with Crippen LogP contribution in [0.3, 0.4) is 0 Å². The molecule has 0 aliphatic carbocycles. The second kappa shape index (κ2) is 5.63. The molecule has 1 fully saturated rings. The maximum atomic E-state index is 12.6. The Morgan fingerprint density at radius 1 is 1.40 bits per heavy atom. The zero-order chi connectivity index (χ0) is 14.9. The third kappa shape index (κ3) is 2.63. The third-order valence-electron chi connectivity index (χ3n) is 3.70. The molecular formula is C13H22N4O2S. The Labute approximate surface area is 122 Å². The number of carbonyl (C=O) groups is 1. The Morgan fingerprint density at radius 2 is 2.10 bits per heavy atom. The number of carbonyl (C=O) groups excluding carboxylic acids is 1. The molecule has 0 bridgehead atoms. The fourth-order valence-corrected chi connectivity index (χ4v) is 3.74. The molecular weight excluding hydrogens is 276 g/mol. The largest absolute Gasteiger partial charge is 0.335 e. The van der Waals surface area contributed by atoms with Crippen LogP contribution in [0.1, 0.15) is 43.9 Å². The second-order valence-corrected chi connectivity index (χ2v) is 7.79. The molecule has 1 atom stereocenters. The Bertz CT molecular complexity index is 538. The van der Waals surface area contributed by atoms with E-state index >= 15 is 0 Å². The summed E-state index contributed by atoms with van der Waals surface area (Å²) >= 11 is 0. The van der Waals surface area contributed by atoms with Crippen molar-refractivity contribution in [2.45, 2.75) is 45.4 Å². The summed E-state index contributed by atoms with van der Waals surface area (Å²) in [6, 6.07) is 0. The summed E-state index contributed by atoms with van der Waals surface area (Å²) in [6.07, 6.45) is 0.727. The molecule has 0 saturated carbocycles. The minimum absolute atomic E-state index is 0.0914. The smallest absolute Gasteiger partial charge is 0.276 e. The van der Waals surface area contributed by atoms with Crippen LogP contribution >= 0.6 is 0 Å². The van der Waals surface area contributed by atoms with Gasteiger partial charge >= 0.3 is 0 Å². The predicted octanol–water partition coefficient (Wildman–Crippen LogP) is 0.843. The molecule has 1 amide bonds. The van der Waals surface area contributed by atoms with Crippen molar-refractivity contribution >= 4 is 16.7 Å². The number of amides is 1. The average Bonchev–Trinajstić information content (AvgIpc) is 2.83. The van der Waals surface area contributed by atoms with Gasteiger partial charge in [0, 0.05) is 36.2 Å². The van der Waals surface area contributed by atoms with Gasteiger partial charge in [0.05, 0.1) is 10.4 Å². The van der Waals surface area contributed by atoms with E-state index in [1.165, 1.54) is 0 Å². The molecule has 0 N–H and O–H groups in total. The van der Waals surface area contributed by atoms with E-state index in [-0.39, 0.29) is 10.7 Å². The van der Waals surface area contributed by atoms with Gasteiger partial charge in [-0.15, -0.1) is 5.10 Å². The summed E-state index contributed by atoms with van der Waals surface area (Å²) in [5.41, 5.74) is 1.32. The van der Waals surface area contributed by atoms with E-state index in [4.69, 9.17) is 0 Å². The lowest BCUT2D eigenvalue weighted by Crippen LogP contribution is -2.52. The minimum Gasteiger partial charge on any atom is -0.335 e. The van der Waals surface area contributed by atoms with Gasteiger partial charge < -0.3 is 4.90 Å². The molecule has 112 valence electrons. The Balaban J connectivity index is 2.24. The summed E-state index contributed by atoms with van der Waals surface area (Å²) in [5.74, 6) is 0.439. The molecule has 0 spiro atoms. The lowest BCUT2D eigenvalue weighted by molar-refractivity contribution is 0.0738. The Hall–Kier alpha value is -1.24. The molecule has 1 aromatic heterocycles. The first-order valence-corrected chi connectivity index (χ1v) is 8.32. The standard InChI is InChI=1S/C13H22N4O2S/c1-5-10-11(14-15-17(10)6-2)12(18)16-7-8-20(19)13(3,4)9-16/h5-9H2,1-4H3/t20-/m1/s1. The maximum absolute atomic E-state index is 12.6. The zero-order valence-electron chi connectivity index (χ0n) is 12.5. The van der Waals surface area contributed by atoms with Gasteiger partial charge in [0.1, 0.15) is 0 Å². The van der Waals surface area contributed by atoms with Crippen molar-refractivity contribution in [2.75, 3.05) is 18.8 Å². The van der Waals surface area contributed by atoms with E-state index in [9.17, 15) is 9.00 Å². The van der Waals surface area contributed by atoms with Crippen molar-refractivity contribution in [3.63, 3.8) is 0 Å². The van der Waals surface area contributed by atoms with E-state index in [1.54, 1.807) is 9.58 Å². The number of nitrogens with zero attached hydrogens (tertiary/aromatic N) is 4. The van der Waals surface area contributed by atoms with Gasteiger partial charge in [-0.2, -0.15) is 0 Å². The molecule has 0 unspecified atom stereocenters. The molecule has 7 heteroatoms. The van der Waals surface area contributed by atoms with Gasteiger partial charge in [-0.3, -0.25) is 9.00 Å². The number of hydrogen-bond acceptors (Lipinski definition) is 4. The van der Waals surface area contributed by atoms with Crippen molar-refractivity contribution in [1.82, 2.24) is 19.9 Å². The Kier molecular flexibility index (Phi) is 4.27. The molecule has 6 nitrogen and oxygen atoms in total. The lowest BCUT2D eigenvalue weighted by Gasteiger charge is -2.36. The molecule has 2 rings (SSSR count). The second-order valence-electron chi connectivity index (χ2n) is 5.59. The lowest BCUT2D eigenvalue weighted by atomic mass is 10.1. The fourth-order valence-electron chi connectivity index (χ4n) is 2.51. The summed E-state index contributed by atoms with van der Waals surface area (Å²) in [7, 11) is -0.883. The highest BCUT2D eigenvalue weighted by Crippen LogP contribution is 2.22. The fraction of sp³-hybridized carbons (Fsp3) is 0.769. The summed E-state index contributed by atoms with van der Waals surface area (Å²) in [6.45, 7) is 9.58. The molecule has 0 aromatic carbocycles. The number of aryl methyl sites for hydroxylation is 1. The van der Waals surface area contributed by atoms with E-state index in [0.29, 0.717) is 31.1 Å². The van der Waals surface area contributed by atoms with Crippen LogP contribution < -0.4 is 0 Å². The van der Waals surface area contributed by atoms with Crippen LogP contribution in [0.15, 0.2) is 0 Å². The highest BCUT2D eigenvalue weighted by molar-refractivity contribution is 7.86. The Morgan fingerprint density at radius 3 is 2.65 bits per heavy atom. The van der Waals surface area contributed by atoms with E-state index in [0.717, 1.165) is 12.1 Å². The highest BCUT2D eigenvalue weighted by atomic mass is 32.2. The number of aromatic nitrogens is 3. The highest BCUT2D eigenvalue weighted by Gasteiger charge is 2.36. The summed E-state index contributed by atoms with van der Waals surface area (Å²) in [4.78, 5) is 14.4. The van der Waals surface area contributed by atoms with Crippen molar-refractivity contribution < 1.29 is 9.00 Å². The van der Waals surface area contributed by atoms with Gasteiger partial charge in [-0.1, -0.05) is 12.1 Å². The molecule has 2 heterocycles. The SMILES string of the molecule is CCc1c(C(=O)N2CC[S@@](=O)C(C)(C)C2)nnn1CC. The van der Waals surface area contributed by atoms with E-state index < -0.39 is 10.8 Å². The first-order chi connectivity index (χ1) is 9.40. The van der Waals surface area contributed by atoms with Crippen molar-refractivity contribution in [3.05, 3.63) is 11.4 Å². The van der Waals surface area contributed by atoms with Gasteiger partial charge in [0.15, 0.2) is 5.69 Å². The molecule has 1 aliphatic rings. The van der Waals surface area contributed by atoms with Gasteiger partial charge in [-0.25, -0.2) is 4.68 Å². The number of hydrogen-bond donors (Lipinski definition) is 0. The van der Waals surface area contributed by atoms with Gasteiger partial charge in [-0.05, 0) is 27.2 Å². The van der Waals surface area contributed by atoms with Crippen LogP contribution in [0, 0.1) is 0 Å². The molecule has 0 radical (unpaired) electrons.